The van der Waals surface area contributed by atoms with Crippen LogP contribution in [0.5, 0.6) is 0 Å². The summed E-state index contributed by atoms with van der Waals surface area (Å²) >= 11 is 1.45. The van der Waals surface area contributed by atoms with Crippen LogP contribution in [0.1, 0.15) is 47.5 Å². The van der Waals surface area contributed by atoms with Gasteiger partial charge in [0.15, 0.2) is 0 Å². The molecule has 4 rings (SSSR count). The van der Waals surface area contributed by atoms with Gasteiger partial charge in [-0.1, -0.05) is 19.9 Å². The molecule has 0 spiro atoms. The largest absolute Gasteiger partial charge is 0.326 e. The van der Waals surface area contributed by atoms with Gasteiger partial charge in [-0.25, -0.2) is 0 Å². The molecule has 0 fully saturated rings. The second-order valence-corrected chi connectivity index (χ2v) is 9.23. The second kappa shape index (κ2) is 8.10. The normalized spacial score (nSPS) is 17.6. The number of carbonyl (C=O) groups is 2. The van der Waals surface area contributed by atoms with Gasteiger partial charge in [0, 0.05) is 25.1 Å². The number of fused-ring (bicyclic) bond motifs is 3. The quantitative estimate of drug-likeness (QED) is 0.736. The molecule has 2 aliphatic rings. The molecule has 1 aromatic heterocycles. The van der Waals surface area contributed by atoms with E-state index < -0.39 is 0 Å². The van der Waals surface area contributed by atoms with Crippen LogP contribution in [0.3, 0.4) is 0 Å². The number of anilines is 2. The minimum atomic E-state index is -0.334. The molecule has 158 valence electrons. The third-order valence-corrected chi connectivity index (χ3v) is 6.02. The average molecular weight is 426 g/mol. The van der Waals surface area contributed by atoms with Crippen LogP contribution in [0.2, 0.25) is 0 Å². The topological polar surface area (TPSA) is 77.0 Å². The number of nitrogens with one attached hydrogen (secondary N) is 2. The molecular formula is C22H27N5O2S. The van der Waals surface area contributed by atoms with Gasteiger partial charge in [-0.2, -0.15) is 5.10 Å². The van der Waals surface area contributed by atoms with E-state index in [4.69, 9.17) is 0 Å². The third-order valence-electron chi connectivity index (χ3n) is 5.13. The monoisotopic (exact) mass is 425 g/mol. The molecule has 2 aliphatic heterocycles. The summed E-state index contributed by atoms with van der Waals surface area (Å²) in [6, 6.07) is 7.96. The number of aryl methyl sites for hydroxylation is 2. The number of hydrogen-bond donors (Lipinski definition) is 2. The number of thiophene rings is 1. The van der Waals surface area contributed by atoms with Gasteiger partial charge in [0.25, 0.3) is 5.91 Å². The van der Waals surface area contributed by atoms with Crippen molar-refractivity contribution in [1.82, 2.24) is 10.3 Å². The van der Waals surface area contributed by atoms with Crippen molar-refractivity contribution in [3.63, 3.8) is 0 Å². The maximum atomic E-state index is 12.9. The van der Waals surface area contributed by atoms with E-state index in [-0.39, 0.29) is 18.1 Å². The number of benzene rings is 1. The fraction of sp³-hybridized carbons (Fsp3) is 0.409. The minimum absolute atomic E-state index is 0.0338. The van der Waals surface area contributed by atoms with E-state index in [9.17, 15) is 9.59 Å². The number of rotatable bonds is 6. The molecule has 3 heterocycles. The van der Waals surface area contributed by atoms with Gasteiger partial charge >= 0.3 is 0 Å². The Labute approximate surface area is 180 Å². The highest BCUT2D eigenvalue weighted by Gasteiger charge is 2.43. The van der Waals surface area contributed by atoms with Crippen LogP contribution in [0.4, 0.5) is 11.4 Å². The molecule has 7 nitrogen and oxygen atoms in total. The fourth-order valence-electron chi connectivity index (χ4n) is 4.01. The zero-order chi connectivity index (χ0) is 21.4. The zero-order valence-electron chi connectivity index (χ0n) is 17.7. The van der Waals surface area contributed by atoms with E-state index in [1.54, 1.807) is 0 Å². The van der Waals surface area contributed by atoms with Gasteiger partial charge in [-0.05, 0) is 54.5 Å². The highest BCUT2D eigenvalue weighted by Crippen LogP contribution is 2.37. The standard InChI is InChI=1S/C22H27N5O2S/c1-13(2)12-26-21(29)20-17(7-8-30-20)27-18(24-25-22(26)27)5-6-19(28)23-16-10-14(3)9-15(4)11-16/h7-11,13,22,25H,5-6,12H2,1-4H3,(H,23,28). The predicted molar refractivity (Wildman–Crippen MR) is 121 cm³/mol. The number of carbonyl (C=O) groups excluding carboxylic acids is 2. The smallest absolute Gasteiger partial charge is 0.269 e. The molecule has 1 aromatic carbocycles. The van der Waals surface area contributed by atoms with Crippen molar-refractivity contribution in [2.75, 3.05) is 16.8 Å². The summed E-state index contributed by atoms with van der Waals surface area (Å²) in [5.74, 6) is 1.10. The fourth-order valence-corrected chi connectivity index (χ4v) is 4.85. The molecule has 0 radical (unpaired) electrons. The Morgan fingerprint density at radius 3 is 2.70 bits per heavy atom. The van der Waals surface area contributed by atoms with Crippen LogP contribution in [-0.4, -0.2) is 35.4 Å². The first kappa shape index (κ1) is 20.4. The number of hydrogen-bond acceptors (Lipinski definition) is 6. The second-order valence-electron chi connectivity index (χ2n) is 8.31. The molecule has 0 bridgehead atoms. The molecular weight excluding hydrogens is 398 g/mol. The third kappa shape index (κ3) is 3.92. The first-order valence-corrected chi connectivity index (χ1v) is 11.1. The maximum absolute atomic E-state index is 12.9. The summed E-state index contributed by atoms with van der Waals surface area (Å²) < 4.78 is 0. The van der Waals surface area contributed by atoms with Gasteiger partial charge in [-0.3, -0.25) is 24.8 Å². The van der Waals surface area contributed by atoms with Gasteiger partial charge in [0.05, 0.1) is 5.69 Å². The summed E-state index contributed by atoms with van der Waals surface area (Å²) in [6.07, 6.45) is 0.465. The summed E-state index contributed by atoms with van der Waals surface area (Å²) in [4.78, 5) is 30.1. The molecule has 0 aliphatic carbocycles. The lowest BCUT2D eigenvalue weighted by Gasteiger charge is -2.40. The van der Waals surface area contributed by atoms with Crippen molar-refractivity contribution in [2.24, 2.45) is 11.0 Å². The summed E-state index contributed by atoms with van der Waals surface area (Å²) in [6.45, 7) is 8.85. The molecule has 2 amide bonds. The van der Waals surface area contributed by atoms with Crippen LogP contribution >= 0.6 is 11.3 Å². The van der Waals surface area contributed by atoms with Crippen molar-refractivity contribution in [1.29, 1.82) is 0 Å². The Balaban J connectivity index is 1.46. The first-order chi connectivity index (χ1) is 14.3. The summed E-state index contributed by atoms with van der Waals surface area (Å²) in [5.41, 5.74) is 7.02. The molecule has 1 unspecified atom stereocenters. The van der Waals surface area contributed by atoms with E-state index in [0.29, 0.717) is 25.3 Å². The molecule has 30 heavy (non-hydrogen) atoms. The minimum Gasteiger partial charge on any atom is -0.326 e. The zero-order valence-corrected chi connectivity index (χ0v) is 18.5. The Morgan fingerprint density at radius 1 is 1.27 bits per heavy atom. The van der Waals surface area contributed by atoms with Gasteiger partial charge in [0.1, 0.15) is 10.7 Å². The van der Waals surface area contributed by atoms with Crippen molar-refractivity contribution in [3.05, 3.63) is 45.6 Å². The van der Waals surface area contributed by atoms with Gasteiger partial charge in [0.2, 0.25) is 12.2 Å². The van der Waals surface area contributed by atoms with E-state index in [2.05, 4.69) is 40.7 Å². The van der Waals surface area contributed by atoms with E-state index in [1.165, 1.54) is 11.3 Å². The molecule has 0 saturated carbocycles. The van der Waals surface area contributed by atoms with Crippen molar-refractivity contribution in [2.45, 2.75) is 46.8 Å². The van der Waals surface area contributed by atoms with Crippen LogP contribution in [0, 0.1) is 19.8 Å². The van der Waals surface area contributed by atoms with E-state index in [0.717, 1.165) is 33.2 Å². The summed E-state index contributed by atoms with van der Waals surface area (Å²) in [5, 5.41) is 9.39. The Kier molecular flexibility index (Phi) is 5.51. The average Bonchev–Trinajstić information content (AvgIpc) is 3.29. The molecule has 8 heteroatoms. The van der Waals surface area contributed by atoms with Crippen molar-refractivity contribution < 1.29 is 9.59 Å². The van der Waals surface area contributed by atoms with E-state index in [1.807, 2.05) is 42.3 Å². The van der Waals surface area contributed by atoms with Gasteiger partial charge < -0.3 is 5.32 Å². The molecule has 0 saturated heterocycles. The summed E-state index contributed by atoms with van der Waals surface area (Å²) in [7, 11) is 0. The lowest BCUT2D eigenvalue weighted by atomic mass is 10.1. The maximum Gasteiger partial charge on any atom is 0.269 e. The molecule has 2 N–H and O–H groups in total. The van der Waals surface area contributed by atoms with Gasteiger partial charge in [-0.15, -0.1) is 11.3 Å². The van der Waals surface area contributed by atoms with Crippen LogP contribution in [0.25, 0.3) is 0 Å². The van der Waals surface area contributed by atoms with Crippen molar-refractivity contribution >= 4 is 40.4 Å². The lowest BCUT2D eigenvalue weighted by Crippen LogP contribution is -2.59. The Bertz CT molecular complexity index is 992. The highest BCUT2D eigenvalue weighted by atomic mass is 32.1. The van der Waals surface area contributed by atoms with E-state index >= 15 is 0 Å². The number of hydrazone groups is 1. The number of amides is 2. The lowest BCUT2D eigenvalue weighted by molar-refractivity contribution is -0.116. The number of amidine groups is 1. The van der Waals surface area contributed by atoms with Crippen LogP contribution < -0.4 is 15.6 Å². The van der Waals surface area contributed by atoms with Crippen LogP contribution in [-0.2, 0) is 4.79 Å². The molecule has 1 atom stereocenters. The SMILES string of the molecule is Cc1cc(C)cc(NC(=O)CCC2=NNC3N(CC(C)C)C(=O)c4sccc4N23)c1. The van der Waals surface area contributed by atoms with Crippen LogP contribution in [0.15, 0.2) is 34.7 Å². The molecule has 2 aromatic rings. The predicted octanol–water partition coefficient (Wildman–Crippen LogP) is 3.90. The Morgan fingerprint density at radius 2 is 2.00 bits per heavy atom. The highest BCUT2D eigenvalue weighted by molar-refractivity contribution is 7.12. The first-order valence-electron chi connectivity index (χ1n) is 10.2. The van der Waals surface area contributed by atoms with Crippen molar-refractivity contribution in [3.8, 4) is 0 Å². The Hall–Kier alpha value is -2.87. The number of nitrogens with zero attached hydrogens (tertiary/aromatic N) is 3.